The Balaban J connectivity index is -0.000000675. The van der Waals surface area contributed by atoms with Crippen molar-refractivity contribution in [3.05, 3.63) is 36.5 Å². The molecule has 4 saturated heterocycles. The molecule has 14 nitrogen and oxygen atoms in total. The Morgan fingerprint density at radius 3 is 1.52 bits per heavy atom. The summed E-state index contributed by atoms with van der Waals surface area (Å²) in [6.07, 6.45) is 3.64. The maximum absolute atomic E-state index is 11.9. The molecule has 4 aliphatic rings. The Morgan fingerprint density at radius 2 is 1.13 bits per heavy atom. The van der Waals surface area contributed by atoms with Crippen LogP contribution < -0.4 is 18.9 Å². The van der Waals surface area contributed by atoms with Crippen molar-refractivity contribution >= 4 is 38.9 Å². The molecule has 4 rings (SSSR count). The zero-order valence-electron chi connectivity index (χ0n) is 35.7. The minimum absolute atomic E-state index is 0. The predicted molar refractivity (Wildman–Crippen MR) is 204 cm³/mol. The summed E-state index contributed by atoms with van der Waals surface area (Å²) in [5.74, 6) is -0.436. The van der Waals surface area contributed by atoms with Crippen molar-refractivity contribution in [1.29, 1.82) is 0 Å². The van der Waals surface area contributed by atoms with E-state index in [1.165, 1.54) is 34.7 Å². The number of carbonyl (C=O) groups is 5. The number of rotatable bonds is 3. The van der Waals surface area contributed by atoms with Crippen LogP contribution in [-0.4, -0.2) is 140 Å². The van der Waals surface area contributed by atoms with E-state index in [-0.39, 0.29) is 47.4 Å². The third-order valence-corrected chi connectivity index (χ3v) is 7.46. The summed E-state index contributed by atoms with van der Waals surface area (Å²) < 4.78 is 25.3. The third kappa shape index (κ3) is 19.9. The molecule has 4 aliphatic heterocycles. The molecular weight excluding hydrogens is 692 g/mol. The summed E-state index contributed by atoms with van der Waals surface area (Å²) in [6.45, 7) is 30.8. The number of methoxy groups -OCH3 is 1. The smallest absolute Gasteiger partial charge is 1.00 e. The number of amides is 3. The van der Waals surface area contributed by atoms with Crippen LogP contribution in [0.5, 0.6) is 0 Å². The number of hydrogen-bond donors (Lipinski definition) is 1. The molecule has 0 saturated carbocycles. The van der Waals surface area contributed by atoms with Gasteiger partial charge >= 0.3 is 43.1 Å². The van der Waals surface area contributed by atoms with Crippen LogP contribution in [-0.2, 0) is 33.3 Å². The van der Waals surface area contributed by atoms with Gasteiger partial charge < -0.3 is 35.0 Å². The predicted octanol–water partition coefficient (Wildman–Crippen LogP) is 2.55. The maximum atomic E-state index is 11.9. The second-order valence-corrected chi connectivity index (χ2v) is 16.1. The van der Waals surface area contributed by atoms with E-state index >= 15 is 0 Å². The topological polar surface area (TPSA) is 161 Å². The average molecular weight is 757 g/mol. The number of aldehydes is 1. The Kier molecular flexibility index (Phi) is 23.1. The molecule has 4 fully saturated rings. The van der Waals surface area contributed by atoms with Crippen LogP contribution in [0.25, 0.3) is 0 Å². The van der Waals surface area contributed by atoms with Gasteiger partial charge in [-0.1, -0.05) is 36.5 Å². The van der Waals surface area contributed by atoms with Crippen LogP contribution >= 0.6 is 0 Å². The third-order valence-electron chi connectivity index (χ3n) is 7.46. The summed E-state index contributed by atoms with van der Waals surface area (Å²) >= 11 is 0. The molecular formula is C38H64BLiN3O11. The minimum Gasteiger partial charge on any atom is -1.00 e. The van der Waals surface area contributed by atoms with E-state index in [0.29, 0.717) is 38.9 Å². The molecule has 0 bridgehead atoms. The van der Waals surface area contributed by atoms with E-state index < -0.39 is 47.0 Å². The van der Waals surface area contributed by atoms with Crippen molar-refractivity contribution in [2.24, 2.45) is 0 Å². The van der Waals surface area contributed by atoms with Crippen molar-refractivity contribution in [3.8, 4) is 0 Å². The SMILES string of the molecule is C1CCOC1.C=C1C[C@@H](C(=O)OC)N(C(=O)OC(C)(C)C)C1.C=C1C[C@@H](C=O)N(C(=O)OC(C)(C)C)C1.C=C1C[C@@H](CO)N(C(=O)OC(C)(C)C)C1.[B].[H-].[Li+]. The maximum Gasteiger partial charge on any atom is 1.00 e. The number of aliphatic hydroxyl groups excluding tert-OH is 1. The molecule has 0 unspecified atom stereocenters. The second-order valence-electron chi connectivity index (χ2n) is 16.1. The Morgan fingerprint density at radius 1 is 0.741 bits per heavy atom. The van der Waals surface area contributed by atoms with Crippen molar-refractivity contribution in [2.75, 3.05) is 46.6 Å². The van der Waals surface area contributed by atoms with E-state index in [1.54, 1.807) is 41.5 Å². The van der Waals surface area contributed by atoms with Crippen LogP contribution in [0, 0.1) is 0 Å². The van der Waals surface area contributed by atoms with Crippen LogP contribution in [0.15, 0.2) is 36.5 Å². The number of hydrogen-bond acceptors (Lipinski definition) is 11. The first kappa shape index (κ1) is 52.9. The van der Waals surface area contributed by atoms with Gasteiger partial charge in [-0.2, -0.15) is 0 Å². The zero-order chi connectivity index (χ0) is 40.0. The van der Waals surface area contributed by atoms with E-state index in [0.717, 1.165) is 36.2 Å². The Hall–Kier alpha value is -3.25. The van der Waals surface area contributed by atoms with Crippen molar-refractivity contribution in [2.45, 2.75) is 129 Å². The van der Waals surface area contributed by atoms with Crippen molar-refractivity contribution in [1.82, 2.24) is 14.7 Å². The van der Waals surface area contributed by atoms with Gasteiger partial charge in [0.25, 0.3) is 0 Å². The van der Waals surface area contributed by atoms with Crippen molar-refractivity contribution < 1.29 is 73.1 Å². The van der Waals surface area contributed by atoms with E-state index in [2.05, 4.69) is 24.5 Å². The average Bonchev–Trinajstić information content (AvgIpc) is 3.82. The number of aliphatic hydroxyl groups is 1. The summed E-state index contributed by atoms with van der Waals surface area (Å²) in [5, 5.41) is 9.11. The van der Waals surface area contributed by atoms with Gasteiger partial charge in [-0.15, -0.1) is 0 Å². The van der Waals surface area contributed by atoms with Gasteiger partial charge in [0.1, 0.15) is 29.1 Å². The van der Waals surface area contributed by atoms with E-state index in [1.807, 2.05) is 20.8 Å². The van der Waals surface area contributed by atoms with Crippen LogP contribution in [0.2, 0.25) is 0 Å². The molecule has 0 aromatic heterocycles. The first-order valence-corrected chi connectivity index (χ1v) is 17.6. The number of ether oxygens (including phenoxy) is 5. The fourth-order valence-corrected chi connectivity index (χ4v) is 5.21. The van der Waals surface area contributed by atoms with E-state index in [9.17, 15) is 24.0 Å². The molecule has 0 aliphatic carbocycles. The van der Waals surface area contributed by atoms with Crippen molar-refractivity contribution in [3.63, 3.8) is 0 Å². The van der Waals surface area contributed by atoms with Gasteiger partial charge in [0, 0.05) is 47.7 Å². The zero-order valence-corrected chi connectivity index (χ0v) is 34.7. The number of likely N-dealkylation sites (tertiary alicyclic amines) is 3. The minimum atomic E-state index is -0.609. The second kappa shape index (κ2) is 23.6. The quantitative estimate of drug-likeness (QED) is 0.148. The Bertz CT molecular complexity index is 1290. The van der Waals surface area contributed by atoms with Gasteiger partial charge in [0.2, 0.25) is 0 Å². The fraction of sp³-hybridized carbons (Fsp3) is 0.711. The van der Waals surface area contributed by atoms with Crippen LogP contribution in [0.1, 0.15) is 95.8 Å². The molecule has 16 heteroatoms. The van der Waals surface area contributed by atoms with Gasteiger partial charge in [-0.05, 0) is 88.0 Å². The Labute approximate surface area is 338 Å². The number of nitrogens with zero attached hydrogens (tertiary/aromatic N) is 3. The molecule has 0 aromatic carbocycles. The monoisotopic (exact) mass is 756 g/mol. The molecule has 0 spiro atoms. The number of esters is 1. The summed E-state index contributed by atoms with van der Waals surface area (Å²) in [4.78, 5) is 61.9. The number of carbonyl (C=O) groups excluding carboxylic acids is 5. The van der Waals surface area contributed by atoms with Gasteiger partial charge in [-0.25, -0.2) is 19.2 Å². The van der Waals surface area contributed by atoms with Crippen LogP contribution in [0.3, 0.4) is 0 Å². The molecule has 54 heavy (non-hydrogen) atoms. The molecule has 4 heterocycles. The van der Waals surface area contributed by atoms with Crippen LogP contribution in [0.4, 0.5) is 14.4 Å². The fourth-order valence-electron chi connectivity index (χ4n) is 5.21. The summed E-state index contributed by atoms with van der Waals surface area (Å²) in [6, 6.07) is -1.19. The van der Waals surface area contributed by atoms with Gasteiger partial charge in [0.05, 0.1) is 25.8 Å². The molecule has 0 aromatic rings. The normalized spacial score (nSPS) is 20.8. The molecule has 301 valence electrons. The largest absolute Gasteiger partial charge is 1.00 e. The van der Waals surface area contributed by atoms with Gasteiger partial charge in [-0.3, -0.25) is 14.7 Å². The molecule has 1 N–H and O–H groups in total. The molecule has 3 radical (unpaired) electrons. The first-order valence-electron chi connectivity index (χ1n) is 17.6. The summed E-state index contributed by atoms with van der Waals surface area (Å²) in [5.41, 5.74) is 1.06. The first-order chi connectivity index (χ1) is 23.9. The summed E-state index contributed by atoms with van der Waals surface area (Å²) in [7, 11) is 1.30. The molecule has 3 atom stereocenters. The standard InChI is InChI=1S/C12H19NO4.C11H19NO3.C11H17NO3.C4H8O.B.Li.H/c1-8-6-9(10(14)16-5)13(7-8)11(15)17-12(2,3)4;2*1-8-5-9(7-13)12(6-8)10(14)15-11(2,3)4;1-2-4-5-3-1;;;/h9H,1,6-7H2,2-5H3;9,13H,1,5-7H2,2-4H3;7,9H,1,5-6H2,2-4H3;1-4H2;;;/q;;;;;+1;-1/t3*9-;;;;/m000..../s1. The molecule has 3 amide bonds. The van der Waals surface area contributed by atoms with E-state index in [4.69, 9.17) is 24.1 Å². The van der Waals surface area contributed by atoms with Gasteiger partial charge in [0.15, 0.2) is 0 Å².